The number of morpholine rings is 1. The number of nitrogens with one attached hydrogen (secondary N) is 5. The van der Waals surface area contributed by atoms with Crippen molar-refractivity contribution < 1.29 is 52.2 Å². The van der Waals surface area contributed by atoms with E-state index in [9.17, 15) is 28.8 Å². The summed E-state index contributed by atoms with van der Waals surface area (Å²) in [7, 11) is 0. The molecule has 4 aromatic rings. The monoisotopic (exact) mass is 966 g/mol. The van der Waals surface area contributed by atoms with Gasteiger partial charge >= 0.3 is 5.97 Å². The highest BCUT2D eigenvalue weighted by molar-refractivity contribution is 5.99. The molecule has 1 aromatic heterocycles. The van der Waals surface area contributed by atoms with Gasteiger partial charge in [-0.25, -0.2) is 0 Å². The summed E-state index contributed by atoms with van der Waals surface area (Å²) in [5.41, 5.74) is 2.15. The average molecular weight is 966 g/mol. The smallest absolute Gasteiger partial charge is 0.308 e. The first-order valence-corrected chi connectivity index (χ1v) is 24.2. The second kappa shape index (κ2) is 24.9. The number of epoxide rings is 1. The summed E-state index contributed by atoms with van der Waals surface area (Å²) >= 11 is 0. The lowest BCUT2D eigenvalue weighted by atomic mass is 9.93. The first-order valence-electron chi connectivity index (χ1n) is 24.2. The lowest BCUT2D eigenvalue weighted by Crippen LogP contribution is -2.61. The molecule has 18 nitrogen and oxygen atoms in total. The normalized spacial score (nSPS) is 17.9. The van der Waals surface area contributed by atoms with Crippen molar-refractivity contribution in [2.75, 3.05) is 39.5 Å². The van der Waals surface area contributed by atoms with Crippen LogP contribution in [0.2, 0.25) is 0 Å². The predicted molar refractivity (Wildman–Crippen MR) is 259 cm³/mol. The van der Waals surface area contributed by atoms with Crippen molar-refractivity contribution in [3.05, 3.63) is 107 Å². The Labute approximate surface area is 409 Å². The van der Waals surface area contributed by atoms with E-state index in [1.807, 2.05) is 94.4 Å². The minimum absolute atomic E-state index is 0.0110. The molecule has 2 aliphatic rings. The molecule has 3 heterocycles. The minimum atomic E-state index is -1.09. The first kappa shape index (κ1) is 52.9. The molecule has 0 spiro atoms. The summed E-state index contributed by atoms with van der Waals surface area (Å²) in [5.74, 6) is -2.16. The largest absolute Gasteiger partial charge is 0.483 e. The van der Waals surface area contributed by atoms with Gasteiger partial charge in [0.25, 0.3) is 5.91 Å². The molecular weight excluding hydrogens is 897 g/mol. The van der Waals surface area contributed by atoms with Gasteiger partial charge in [0.1, 0.15) is 55.7 Å². The highest BCUT2D eigenvalue weighted by atomic mass is 16.6. The van der Waals surface area contributed by atoms with Crippen molar-refractivity contribution in [3.8, 4) is 11.5 Å². The van der Waals surface area contributed by atoms with Crippen LogP contribution in [-0.4, -0.2) is 124 Å². The molecule has 5 atom stereocenters. The fraction of sp³-hybridized carbons (Fsp3) is 0.500. The summed E-state index contributed by atoms with van der Waals surface area (Å²) in [4.78, 5) is 83.1. The second-order valence-electron chi connectivity index (χ2n) is 19.5. The number of H-pyrrole nitrogens is 1. The number of hydrogen-bond acceptors (Lipinski definition) is 12. The molecule has 0 radical (unpaired) electrons. The molecule has 70 heavy (non-hydrogen) atoms. The average Bonchev–Trinajstić information content (AvgIpc) is 3.85. The van der Waals surface area contributed by atoms with Gasteiger partial charge in [-0.1, -0.05) is 93.6 Å². The number of nitrogens with zero attached hydrogens (tertiary/aromatic N) is 3. The Morgan fingerprint density at radius 2 is 1.34 bits per heavy atom. The van der Waals surface area contributed by atoms with Gasteiger partial charge in [0.15, 0.2) is 23.8 Å². The van der Waals surface area contributed by atoms with Crippen molar-refractivity contribution in [1.82, 2.24) is 36.7 Å². The number of ketones is 1. The summed E-state index contributed by atoms with van der Waals surface area (Å²) in [6.45, 7) is 13.4. The number of Topliss-reactive ketones (excluding diaryl/α,β-unsaturated/α-hetero) is 1. The van der Waals surface area contributed by atoms with Crippen LogP contribution in [0.1, 0.15) is 83.2 Å². The number of hydrogen-bond donors (Lipinski definition) is 5. The van der Waals surface area contributed by atoms with Crippen molar-refractivity contribution in [2.45, 2.75) is 117 Å². The highest BCUT2D eigenvalue weighted by Gasteiger charge is 2.50. The molecule has 6 rings (SSSR count). The molecule has 3 aromatic carbocycles. The van der Waals surface area contributed by atoms with Gasteiger partial charge in [-0.05, 0) is 73.8 Å². The van der Waals surface area contributed by atoms with Crippen LogP contribution >= 0.6 is 0 Å². The van der Waals surface area contributed by atoms with E-state index in [2.05, 4.69) is 36.7 Å². The predicted octanol–water partition coefficient (Wildman–Crippen LogP) is 3.92. The number of aromatic amines is 1. The van der Waals surface area contributed by atoms with Crippen LogP contribution in [0.3, 0.4) is 0 Å². The van der Waals surface area contributed by atoms with E-state index in [1.165, 1.54) is 6.92 Å². The van der Waals surface area contributed by atoms with Gasteiger partial charge in [-0.15, -0.1) is 5.10 Å². The Balaban J connectivity index is 1.20. The van der Waals surface area contributed by atoms with E-state index in [0.29, 0.717) is 61.6 Å². The van der Waals surface area contributed by atoms with E-state index in [-0.39, 0.29) is 68.3 Å². The number of aryl methyl sites for hydroxylation is 1. The topological polar surface area (TPSA) is 232 Å². The Hall–Kier alpha value is -6.50. The number of rotatable bonds is 26. The molecule has 0 aliphatic carbocycles. The third-order valence-corrected chi connectivity index (χ3v) is 12.4. The molecule has 18 heteroatoms. The van der Waals surface area contributed by atoms with Gasteiger partial charge in [0.05, 0.1) is 25.9 Å². The summed E-state index contributed by atoms with van der Waals surface area (Å²) in [6, 6.07) is 20.1. The van der Waals surface area contributed by atoms with Crippen molar-refractivity contribution in [3.63, 3.8) is 0 Å². The summed E-state index contributed by atoms with van der Waals surface area (Å²) in [5, 5.41) is 22.2. The van der Waals surface area contributed by atoms with E-state index >= 15 is 0 Å². The Morgan fingerprint density at radius 3 is 1.96 bits per heavy atom. The molecule has 4 amide bonds. The number of aromatic nitrogens is 3. The van der Waals surface area contributed by atoms with E-state index in [4.69, 9.17) is 18.9 Å². The van der Waals surface area contributed by atoms with Gasteiger partial charge in [-0.2, -0.15) is 0 Å². The third-order valence-electron chi connectivity index (χ3n) is 12.4. The van der Waals surface area contributed by atoms with Crippen LogP contribution < -0.4 is 30.7 Å². The van der Waals surface area contributed by atoms with Crippen LogP contribution in [0.5, 0.6) is 11.5 Å². The maximum atomic E-state index is 14.6. The third kappa shape index (κ3) is 16.0. The Bertz CT molecular complexity index is 2370. The first-order chi connectivity index (χ1) is 33.5. The molecule has 2 saturated heterocycles. The van der Waals surface area contributed by atoms with Crippen LogP contribution in [0.4, 0.5) is 0 Å². The standard InChI is InChI=1S/C52H68N8O10/c1-34(2)25-42(48(63)52(6)33-69-52)55-51(66)44(27-38-15-11-8-12-16-38)57-50(65)43(26-35(3)4)56-49(64)41(19-17-37-13-9-7-10-14-37)54-47(62)31-60(21-23-67-24-22-60)30-39-18-20-45(70-36(5)61)46(28-39)68-32-40-29-53-59-58-40/h7-16,18,20,28-29,34-35,41-44H,17,19,21-27,30-33H2,1-6H3,(H4-,53,54,55,56,57,58,59,62,64,65,66)/p+1/t41-,42-,43-,44-,52+/m0/s1. The molecule has 376 valence electrons. The maximum absolute atomic E-state index is 14.6. The van der Waals surface area contributed by atoms with Gasteiger partial charge in [0.2, 0.25) is 17.7 Å². The maximum Gasteiger partial charge on any atom is 0.308 e. The molecule has 2 fully saturated rings. The number of quaternary nitrogens is 1. The van der Waals surface area contributed by atoms with Crippen LogP contribution in [0.25, 0.3) is 0 Å². The number of ether oxygens (including phenoxy) is 4. The quantitative estimate of drug-likeness (QED) is 0.0261. The van der Waals surface area contributed by atoms with E-state index < -0.39 is 53.5 Å². The number of benzene rings is 3. The zero-order valence-electron chi connectivity index (χ0n) is 41.2. The second-order valence-corrected chi connectivity index (χ2v) is 19.5. The van der Waals surface area contributed by atoms with Crippen molar-refractivity contribution in [1.29, 1.82) is 0 Å². The fourth-order valence-corrected chi connectivity index (χ4v) is 8.61. The number of carbonyl (C=O) groups excluding carboxylic acids is 6. The molecule has 2 aliphatic heterocycles. The van der Waals surface area contributed by atoms with Crippen molar-refractivity contribution in [2.24, 2.45) is 11.8 Å². The SMILES string of the molecule is CC(=O)Oc1ccc(C[N+]2(CC(=O)N[C@@H](CCc3ccccc3)C(=O)N[C@@H](CC(C)C)C(=O)N[C@@H](Cc3ccccc3)C(=O)N[C@@H](CC(C)C)C(=O)[C@@]3(C)CO3)CCOCC2)cc1OCc1c[nH]nn1. The summed E-state index contributed by atoms with van der Waals surface area (Å²) in [6.07, 6.45) is 3.04. The van der Waals surface area contributed by atoms with Gasteiger partial charge in [0, 0.05) is 25.1 Å². The van der Waals surface area contributed by atoms with Gasteiger partial charge < -0.3 is 44.7 Å². The lowest BCUT2D eigenvalue weighted by molar-refractivity contribution is -0.940. The summed E-state index contributed by atoms with van der Waals surface area (Å²) < 4.78 is 23.0. The van der Waals surface area contributed by atoms with Crippen LogP contribution in [0.15, 0.2) is 85.1 Å². The molecular formula is C52H69N8O10+. The van der Waals surface area contributed by atoms with Crippen LogP contribution in [-0.2, 0) is 64.2 Å². The number of esters is 1. The molecule has 0 saturated carbocycles. The van der Waals surface area contributed by atoms with Gasteiger partial charge in [-0.3, -0.25) is 33.9 Å². The fourth-order valence-electron chi connectivity index (χ4n) is 8.61. The van der Waals surface area contributed by atoms with Crippen molar-refractivity contribution >= 4 is 35.4 Å². The zero-order valence-corrected chi connectivity index (χ0v) is 41.2. The van der Waals surface area contributed by atoms with E-state index in [1.54, 1.807) is 25.3 Å². The van der Waals surface area contributed by atoms with Crippen LogP contribution in [0, 0.1) is 11.8 Å². The zero-order chi connectivity index (χ0) is 50.3. The highest BCUT2D eigenvalue weighted by Crippen LogP contribution is 2.32. The molecule has 0 bridgehead atoms. The Morgan fingerprint density at radius 1 is 0.743 bits per heavy atom. The van der Waals surface area contributed by atoms with E-state index in [0.717, 1.165) is 16.7 Å². The minimum Gasteiger partial charge on any atom is -0.483 e. The molecule has 0 unspecified atom stereocenters. The number of amides is 4. The Kier molecular flexibility index (Phi) is 18.8. The molecule has 5 N–H and O–H groups in total. The lowest BCUT2D eigenvalue weighted by Gasteiger charge is -2.41. The number of carbonyl (C=O) groups is 6.